The first-order valence-corrected chi connectivity index (χ1v) is 10.3. The molecule has 0 radical (unpaired) electrons. The van der Waals surface area contributed by atoms with Crippen LogP contribution in [-0.4, -0.2) is 47.8 Å². The second-order valence-corrected chi connectivity index (χ2v) is 7.66. The molecule has 0 unspecified atom stereocenters. The Hall–Kier alpha value is -3.22. The van der Waals surface area contributed by atoms with Crippen LogP contribution < -0.4 is 14.8 Å². The number of fused-ring (bicyclic) bond motifs is 1. The number of methoxy groups -OCH3 is 2. The normalized spacial score (nSPS) is 14.7. The van der Waals surface area contributed by atoms with E-state index in [1.54, 1.807) is 14.2 Å². The first kappa shape index (κ1) is 20.1. The van der Waals surface area contributed by atoms with Crippen LogP contribution in [0.3, 0.4) is 0 Å². The van der Waals surface area contributed by atoms with Crippen molar-refractivity contribution < 1.29 is 14.3 Å². The zero-order valence-electron chi connectivity index (χ0n) is 17.5. The quantitative estimate of drug-likeness (QED) is 0.676. The van der Waals surface area contributed by atoms with Gasteiger partial charge in [0.25, 0.3) is 0 Å². The van der Waals surface area contributed by atoms with Gasteiger partial charge in [-0.05, 0) is 48.6 Å². The van der Waals surface area contributed by atoms with Crippen molar-refractivity contribution in [2.24, 2.45) is 5.92 Å². The lowest BCUT2D eigenvalue weighted by Gasteiger charge is -2.32. The number of nitrogens with zero attached hydrogens (tertiary/aromatic N) is 3. The van der Waals surface area contributed by atoms with E-state index in [0.29, 0.717) is 24.0 Å². The number of carbonyl (C=O) groups excluding carboxylic acids is 1. The van der Waals surface area contributed by atoms with E-state index in [-0.39, 0.29) is 6.03 Å². The molecule has 1 aliphatic heterocycles. The standard InChI is InChI=1S/C23H28N4O3/c1-29-21-8-7-18(13-22(21)30-2)14-24-23(28)26-11-9-17(10-12-26)15-27-16-25-19-5-3-4-6-20(19)27/h3-8,13,16-17H,9-12,14-15H2,1-2H3,(H,24,28). The van der Waals surface area contributed by atoms with Crippen molar-refractivity contribution in [1.82, 2.24) is 19.8 Å². The minimum Gasteiger partial charge on any atom is -0.493 e. The largest absolute Gasteiger partial charge is 0.493 e. The van der Waals surface area contributed by atoms with Crippen molar-refractivity contribution in [2.75, 3.05) is 27.3 Å². The number of hydrogen-bond acceptors (Lipinski definition) is 4. The molecule has 0 bridgehead atoms. The lowest BCUT2D eigenvalue weighted by Crippen LogP contribution is -2.44. The van der Waals surface area contributed by atoms with Crippen molar-refractivity contribution in [3.05, 3.63) is 54.4 Å². The van der Waals surface area contributed by atoms with Crippen LogP contribution in [0.5, 0.6) is 11.5 Å². The zero-order valence-corrected chi connectivity index (χ0v) is 17.5. The monoisotopic (exact) mass is 408 g/mol. The Bertz CT molecular complexity index is 1010. The van der Waals surface area contributed by atoms with Crippen LogP contribution in [-0.2, 0) is 13.1 Å². The van der Waals surface area contributed by atoms with Gasteiger partial charge in [0.2, 0.25) is 0 Å². The summed E-state index contributed by atoms with van der Waals surface area (Å²) in [5, 5.41) is 3.02. The summed E-state index contributed by atoms with van der Waals surface area (Å²) in [5.41, 5.74) is 3.18. The highest BCUT2D eigenvalue weighted by Crippen LogP contribution is 2.27. The molecule has 1 N–H and O–H groups in total. The summed E-state index contributed by atoms with van der Waals surface area (Å²) in [4.78, 5) is 19.0. The number of aromatic nitrogens is 2. The molecule has 2 amide bonds. The number of piperidine rings is 1. The summed E-state index contributed by atoms with van der Waals surface area (Å²) in [6.07, 6.45) is 3.92. The van der Waals surface area contributed by atoms with Crippen LogP contribution in [0.4, 0.5) is 4.79 Å². The molecule has 158 valence electrons. The van der Waals surface area contributed by atoms with E-state index in [1.807, 2.05) is 47.6 Å². The van der Waals surface area contributed by atoms with Gasteiger partial charge in [-0.2, -0.15) is 0 Å². The minimum atomic E-state index is -0.0173. The van der Waals surface area contributed by atoms with E-state index < -0.39 is 0 Å². The van der Waals surface area contributed by atoms with Crippen LogP contribution in [0.1, 0.15) is 18.4 Å². The number of nitrogens with one attached hydrogen (secondary N) is 1. The second kappa shape index (κ2) is 9.07. The van der Waals surface area contributed by atoms with Crippen molar-refractivity contribution in [3.8, 4) is 11.5 Å². The Morgan fingerprint density at radius 1 is 1.10 bits per heavy atom. The molecule has 7 nitrogen and oxygen atoms in total. The van der Waals surface area contributed by atoms with Crippen LogP contribution >= 0.6 is 0 Å². The average Bonchev–Trinajstić information content (AvgIpc) is 3.20. The summed E-state index contributed by atoms with van der Waals surface area (Å²) < 4.78 is 12.8. The fourth-order valence-electron chi connectivity index (χ4n) is 4.03. The molecular weight excluding hydrogens is 380 g/mol. The van der Waals surface area contributed by atoms with E-state index >= 15 is 0 Å². The molecule has 0 aliphatic carbocycles. The molecule has 1 fully saturated rings. The van der Waals surface area contributed by atoms with Crippen molar-refractivity contribution >= 4 is 17.1 Å². The van der Waals surface area contributed by atoms with Crippen molar-refractivity contribution in [2.45, 2.75) is 25.9 Å². The van der Waals surface area contributed by atoms with Gasteiger partial charge in [-0.25, -0.2) is 9.78 Å². The first-order valence-electron chi connectivity index (χ1n) is 10.3. The Morgan fingerprint density at radius 3 is 2.63 bits per heavy atom. The molecule has 3 aromatic rings. The van der Waals surface area contributed by atoms with Crippen LogP contribution in [0, 0.1) is 5.92 Å². The zero-order chi connectivity index (χ0) is 20.9. The van der Waals surface area contributed by atoms with E-state index in [4.69, 9.17) is 9.47 Å². The van der Waals surface area contributed by atoms with E-state index in [2.05, 4.69) is 20.9 Å². The average molecular weight is 409 g/mol. The molecule has 2 aromatic carbocycles. The van der Waals surface area contributed by atoms with Crippen LogP contribution in [0.15, 0.2) is 48.8 Å². The predicted octanol–water partition coefficient (Wildman–Crippen LogP) is 3.68. The Morgan fingerprint density at radius 2 is 1.87 bits per heavy atom. The third-order valence-corrected chi connectivity index (χ3v) is 5.78. The van der Waals surface area contributed by atoms with Gasteiger partial charge in [-0.3, -0.25) is 0 Å². The highest BCUT2D eigenvalue weighted by atomic mass is 16.5. The van der Waals surface area contributed by atoms with E-state index in [1.165, 1.54) is 5.52 Å². The smallest absolute Gasteiger partial charge is 0.317 e. The van der Waals surface area contributed by atoms with Crippen molar-refractivity contribution in [1.29, 1.82) is 0 Å². The van der Waals surface area contributed by atoms with Gasteiger partial charge in [0.15, 0.2) is 11.5 Å². The number of likely N-dealkylation sites (tertiary alicyclic amines) is 1. The molecule has 1 aromatic heterocycles. The fourth-order valence-corrected chi connectivity index (χ4v) is 4.03. The molecule has 4 rings (SSSR count). The third kappa shape index (κ3) is 4.35. The van der Waals surface area contributed by atoms with Crippen LogP contribution in [0.2, 0.25) is 0 Å². The fraction of sp³-hybridized carbons (Fsp3) is 0.391. The molecular formula is C23H28N4O3. The highest BCUT2D eigenvalue weighted by Gasteiger charge is 2.23. The summed E-state index contributed by atoms with van der Waals surface area (Å²) in [5.74, 6) is 1.90. The summed E-state index contributed by atoms with van der Waals surface area (Å²) in [7, 11) is 3.22. The number of rotatable bonds is 6. The number of amides is 2. The number of urea groups is 1. The maximum atomic E-state index is 12.6. The topological polar surface area (TPSA) is 68.6 Å². The third-order valence-electron chi connectivity index (χ3n) is 5.78. The molecule has 0 atom stereocenters. The summed E-state index contributed by atoms with van der Waals surface area (Å²) in [6, 6.07) is 13.9. The molecule has 0 saturated carbocycles. The maximum Gasteiger partial charge on any atom is 0.317 e. The van der Waals surface area contributed by atoms with Gasteiger partial charge in [-0.15, -0.1) is 0 Å². The molecule has 1 aliphatic rings. The number of carbonyl (C=O) groups is 1. The maximum absolute atomic E-state index is 12.6. The molecule has 0 spiro atoms. The van der Waals surface area contributed by atoms with Crippen molar-refractivity contribution in [3.63, 3.8) is 0 Å². The summed E-state index contributed by atoms with van der Waals surface area (Å²) >= 11 is 0. The lowest BCUT2D eigenvalue weighted by molar-refractivity contribution is 0.165. The summed E-state index contributed by atoms with van der Waals surface area (Å²) in [6.45, 7) is 2.95. The number of para-hydroxylation sites is 2. The molecule has 2 heterocycles. The lowest BCUT2D eigenvalue weighted by atomic mass is 9.97. The Kier molecular flexibility index (Phi) is 6.07. The number of hydrogen-bond donors (Lipinski definition) is 1. The van der Waals surface area contributed by atoms with E-state index in [0.717, 1.165) is 43.6 Å². The first-order chi connectivity index (χ1) is 14.7. The van der Waals surface area contributed by atoms with Gasteiger partial charge in [0, 0.05) is 26.2 Å². The molecule has 1 saturated heterocycles. The van der Waals surface area contributed by atoms with Gasteiger partial charge < -0.3 is 24.3 Å². The number of benzene rings is 2. The predicted molar refractivity (Wildman–Crippen MR) is 116 cm³/mol. The van der Waals surface area contributed by atoms with Gasteiger partial charge in [-0.1, -0.05) is 18.2 Å². The van der Waals surface area contributed by atoms with E-state index in [9.17, 15) is 4.79 Å². The molecule has 30 heavy (non-hydrogen) atoms. The Labute approximate surface area is 176 Å². The number of imidazole rings is 1. The number of ether oxygens (including phenoxy) is 2. The SMILES string of the molecule is COc1ccc(CNC(=O)N2CCC(Cn3cnc4ccccc43)CC2)cc1OC. The molecule has 7 heteroatoms. The van der Waals surface area contributed by atoms with Gasteiger partial charge in [0.1, 0.15) is 0 Å². The minimum absolute atomic E-state index is 0.0173. The highest BCUT2D eigenvalue weighted by molar-refractivity contribution is 5.75. The van der Waals surface area contributed by atoms with Gasteiger partial charge >= 0.3 is 6.03 Å². The second-order valence-electron chi connectivity index (χ2n) is 7.66. The Balaban J connectivity index is 1.27. The van der Waals surface area contributed by atoms with Crippen LogP contribution in [0.25, 0.3) is 11.0 Å². The van der Waals surface area contributed by atoms with Gasteiger partial charge in [0.05, 0.1) is 31.6 Å².